The van der Waals surface area contributed by atoms with Crippen LogP contribution in [0.5, 0.6) is 0 Å². The molecule has 0 bridgehead atoms. The third-order valence-corrected chi connectivity index (χ3v) is 4.44. The number of hydrogen-bond acceptors (Lipinski definition) is 2. The van der Waals surface area contributed by atoms with Gasteiger partial charge in [0.25, 0.3) is 0 Å². The first-order valence-electron chi connectivity index (χ1n) is 7.56. The lowest BCUT2D eigenvalue weighted by Gasteiger charge is -2.26. The van der Waals surface area contributed by atoms with Gasteiger partial charge in [0, 0.05) is 6.54 Å². The van der Waals surface area contributed by atoms with Crippen molar-refractivity contribution in [2.75, 3.05) is 6.54 Å². The highest BCUT2D eigenvalue weighted by atomic mass is 16.4. The van der Waals surface area contributed by atoms with Crippen LogP contribution in [0.1, 0.15) is 42.4 Å². The summed E-state index contributed by atoms with van der Waals surface area (Å²) in [5.41, 5.74) is 4.00. The fraction of sp³-hybridized carbons (Fsp3) is 0.588. The Kier molecular flexibility index (Phi) is 5.18. The first kappa shape index (κ1) is 15.0. The fourth-order valence-corrected chi connectivity index (χ4v) is 3.07. The SMILES string of the molecule is Cc1ccc(CNCC2CCC(C(=O)O)CC2)c(C)c1. The highest BCUT2D eigenvalue weighted by Crippen LogP contribution is 2.28. The van der Waals surface area contributed by atoms with E-state index in [0.29, 0.717) is 5.92 Å². The number of carboxylic acids is 1. The van der Waals surface area contributed by atoms with Gasteiger partial charge in [0.1, 0.15) is 0 Å². The van der Waals surface area contributed by atoms with Gasteiger partial charge in [0.05, 0.1) is 5.92 Å². The Morgan fingerprint density at radius 2 is 1.95 bits per heavy atom. The van der Waals surface area contributed by atoms with Crippen molar-refractivity contribution in [1.29, 1.82) is 0 Å². The van der Waals surface area contributed by atoms with Crippen molar-refractivity contribution in [3.05, 3.63) is 34.9 Å². The van der Waals surface area contributed by atoms with Crippen LogP contribution >= 0.6 is 0 Å². The van der Waals surface area contributed by atoms with Gasteiger partial charge < -0.3 is 10.4 Å². The molecule has 1 fully saturated rings. The molecular weight excluding hydrogens is 250 g/mol. The molecule has 1 aromatic carbocycles. The number of hydrogen-bond donors (Lipinski definition) is 2. The van der Waals surface area contributed by atoms with Gasteiger partial charge in [-0.05, 0) is 63.1 Å². The highest BCUT2D eigenvalue weighted by molar-refractivity contribution is 5.69. The summed E-state index contributed by atoms with van der Waals surface area (Å²) in [6.45, 7) is 6.18. The average molecular weight is 275 g/mol. The number of aliphatic carboxylic acids is 1. The first-order valence-corrected chi connectivity index (χ1v) is 7.56. The van der Waals surface area contributed by atoms with Crippen LogP contribution in [0.25, 0.3) is 0 Å². The van der Waals surface area contributed by atoms with Crippen LogP contribution in [0.3, 0.4) is 0 Å². The van der Waals surface area contributed by atoms with Crippen molar-refractivity contribution >= 4 is 5.97 Å². The lowest BCUT2D eigenvalue weighted by Crippen LogP contribution is -2.28. The third-order valence-electron chi connectivity index (χ3n) is 4.44. The topological polar surface area (TPSA) is 49.3 Å². The van der Waals surface area contributed by atoms with Crippen LogP contribution in [0.2, 0.25) is 0 Å². The van der Waals surface area contributed by atoms with E-state index < -0.39 is 5.97 Å². The zero-order valence-corrected chi connectivity index (χ0v) is 12.5. The van der Waals surface area contributed by atoms with Gasteiger partial charge in [-0.15, -0.1) is 0 Å². The van der Waals surface area contributed by atoms with Crippen LogP contribution in [0.15, 0.2) is 18.2 Å². The van der Waals surface area contributed by atoms with Crippen LogP contribution in [-0.4, -0.2) is 17.6 Å². The van der Waals surface area contributed by atoms with Crippen LogP contribution in [0, 0.1) is 25.7 Å². The van der Waals surface area contributed by atoms with E-state index >= 15 is 0 Å². The third kappa shape index (κ3) is 4.07. The Morgan fingerprint density at radius 1 is 1.25 bits per heavy atom. The van der Waals surface area contributed by atoms with Crippen molar-refractivity contribution in [1.82, 2.24) is 5.32 Å². The summed E-state index contributed by atoms with van der Waals surface area (Å²) >= 11 is 0. The summed E-state index contributed by atoms with van der Waals surface area (Å²) < 4.78 is 0. The van der Waals surface area contributed by atoms with Gasteiger partial charge in [-0.2, -0.15) is 0 Å². The molecule has 1 aliphatic rings. The minimum atomic E-state index is -0.619. The first-order chi connectivity index (χ1) is 9.56. The zero-order valence-electron chi connectivity index (χ0n) is 12.5. The summed E-state index contributed by atoms with van der Waals surface area (Å²) in [4.78, 5) is 10.9. The Labute approximate surface area is 121 Å². The molecule has 3 heteroatoms. The second-order valence-electron chi connectivity index (χ2n) is 6.12. The number of aryl methyl sites for hydroxylation is 2. The zero-order chi connectivity index (χ0) is 14.5. The van der Waals surface area contributed by atoms with Crippen LogP contribution in [0.4, 0.5) is 0 Å². The quantitative estimate of drug-likeness (QED) is 0.867. The van der Waals surface area contributed by atoms with Gasteiger partial charge in [0.2, 0.25) is 0 Å². The van der Waals surface area contributed by atoms with Gasteiger partial charge >= 0.3 is 5.97 Å². The Balaban J connectivity index is 1.73. The van der Waals surface area contributed by atoms with Gasteiger partial charge in [0.15, 0.2) is 0 Å². The van der Waals surface area contributed by atoms with Gasteiger partial charge in [-0.25, -0.2) is 0 Å². The molecule has 0 heterocycles. The van der Waals surface area contributed by atoms with E-state index in [9.17, 15) is 4.79 Å². The Bertz CT molecular complexity index is 462. The van der Waals surface area contributed by atoms with E-state index in [4.69, 9.17) is 5.11 Å². The summed E-state index contributed by atoms with van der Waals surface area (Å²) in [7, 11) is 0. The van der Waals surface area contributed by atoms with Gasteiger partial charge in [-0.1, -0.05) is 23.8 Å². The van der Waals surface area contributed by atoms with Gasteiger partial charge in [-0.3, -0.25) is 4.79 Å². The standard InChI is InChI=1S/C17H25NO2/c1-12-3-6-16(13(2)9-12)11-18-10-14-4-7-15(8-5-14)17(19)20/h3,6,9,14-15,18H,4-5,7-8,10-11H2,1-2H3,(H,19,20). The molecule has 0 radical (unpaired) electrons. The van der Waals surface area contributed by atoms with E-state index in [0.717, 1.165) is 38.8 Å². The van der Waals surface area contributed by atoms with Crippen molar-refractivity contribution in [3.8, 4) is 0 Å². The summed E-state index contributed by atoms with van der Waals surface area (Å²) in [6.07, 6.45) is 3.75. The average Bonchev–Trinajstić information content (AvgIpc) is 2.42. The number of carbonyl (C=O) groups is 1. The van der Waals surface area contributed by atoms with E-state index in [2.05, 4.69) is 37.4 Å². The number of nitrogens with one attached hydrogen (secondary N) is 1. The molecule has 1 aromatic rings. The summed E-state index contributed by atoms with van der Waals surface area (Å²) in [6, 6.07) is 6.57. The van der Waals surface area contributed by atoms with Crippen LogP contribution in [-0.2, 0) is 11.3 Å². The minimum absolute atomic E-state index is 0.106. The number of rotatable bonds is 5. The van der Waals surface area contributed by atoms with E-state index in [-0.39, 0.29) is 5.92 Å². The van der Waals surface area contributed by atoms with E-state index in [1.807, 2.05) is 0 Å². The minimum Gasteiger partial charge on any atom is -0.481 e. The normalized spacial score (nSPS) is 22.7. The lowest BCUT2D eigenvalue weighted by molar-refractivity contribution is -0.143. The molecule has 0 aromatic heterocycles. The molecule has 110 valence electrons. The van der Waals surface area contributed by atoms with E-state index in [1.54, 1.807) is 0 Å². The molecule has 1 saturated carbocycles. The molecule has 0 atom stereocenters. The fourth-order valence-electron chi connectivity index (χ4n) is 3.07. The molecule has 0 amide bonds. The molecule has 2 N–H and O–H groups in total. The Morgan fingerprint density at radius 3 is 2.55 bits per heavy atom. The predicted molar refractivity (Wildman–Crippen MR) is 80.7 cm³/mol. The highest BCUT2D eigenvalue weighted by Gasteiger charge is 2.25. The molecule has 1 aliphatic carbocycles. The molecular formula is C17H25NO2. The second-order valence-corrected chi connectivity index (χ2v) is 6.12. The lowest BCUT2D eigenvalue weighted by atomic mass is 9.82. The maximum Gasteiger partial charge on any atom is 0.306 e. The maximum absolute atomic E-state index is 10.9. The van der Waals surface area contributed by atoms with Crippen molar-refractivity contribution < 1.29 is 9.90 Å². The number of carboxylic acid groups (broad SMARTS) is 1. The summed E-state index contributed by atoms with van der Waals surface area (Å²) in [5.74, 6) is -0.0892. The molecule has 3 nitrogen and oxygen atoms in total. The Hall–Kier alpha value is -1.35. The van der Waals surface area contributed by atoms with Crippen molar-refractivity contribution in [3.63, 3.8) is 0 Å². The number of benzene rings is 1. The summed E-state index contributed by atoms with van der Waals surface area (Å²) in [5, 5.41) is 12.5. The van der Waals surface area contributed by atoms with E-state index in [1.165, 1.54) is 16.7 Å². The second kappa shape index (κ2) is 6.89. The molecule has 2 rings (SSSR count). The smallest absolute Gasteiger partial charge is 0.306 e. The van der Waals surface area contributed by atoms with Crippen molar-refractivity contribution in [2.45, 2.75) is 46.1 Å². The monoisotopic (exact) mass is 275 g/mol. The predicted octanol–water partition coefficient (Wildman–Crippen LogP) is 3.28. The van der Waals surface area contributed by atoms with Crippen LogP contribution < -0.4 is 5.32 Å². The molecule has 0 saturated heterocycles. The van der Waals surface area contributed by atoms with Crippen molar-refractivity contribution in [2.24, 2.45) is 11.8 Å². The molecule has 20 heavy (non-hydrogen) atoms. The molecule has 0 aliphatic heterocycles. The molecule has 0 spiro atoms. The molecule has 0 unspecified atom stereocenters. The largest absolute Gasteiger partial charge is 0.481 e. The maximum atomic E-state index is 10.9.